The Hall–Kier alpha value is -1.83. The van der Waals surface area contributed by atoms with Crippen molar-refractivity contribution in [1.29, 1.82) is 0 Å². The Morgan fingerprint density at radius 3 is 2.76 bits per heavy atom. The van der Waals surface area contributed by atoms with E-state index in [0.717, 1.165) is 31.9 Å². The highest BCUT2D eigenvalue weighted by atomic mass is 16.7. The number of nitrogens with two attached hydrogens (primary N) is 1. The molecular formula is C14H22N4O3. The lowest BCUT2D eigenvalue weighted by Gasteiger charge is -2.36. The molecule has 0 spiro atoms. The molecule has 2 rings (SSSR count). The van der Waals surface area contributed by atoms with Crippen LogP contribution in [-0.2, 0) is 9.63 Å². The minimum absolute atomic E-state index is 0.337. The predicted molar refractivity (Wildman–Crippen MR) is 79.7 cm³/mol. The molecule has 0 aromatic heterocycles. The van der Waals surface area contributed by atoms with Crippen molar-refractivity contribution in [2.45, 2.75) is 6.42 Å². The lowest BCUT2D eigenvalue weighted by Crippen LogP contribution is -2.47. The summed E-state index contributed by atoms with van der Waals surface area (Å²) in [7, 11) is 1.67. The number of carbonyl (C=O) groups is 1. The number of anilines is 1. The average molecular weight is 294 g/mol. The first-order chi connectivity index (χ1) is 10.2. The maximum atomic E-state index is 11.2. The van der Waals surface area contributed by atoms with Crippen LogP contribution in [0.2, 0.25) is 0 Å². The third-order valence-electron chi connectivity index (χ3n) is 3.60. The molecule has 7 nitrogen and oxygen atoms in total. The van der Waals surface area contributed by atoms with Crippen molar-refractivity contribution in [2.75, 3.05) is 44.7 Å². The van der Waals surface area contributed by atoms with Crippen LogP contribution in [0.1, 0.15) is 6.42 Å². The van der Waals surface area contributed by atoms with Crippen molar-refractivity contribution in [3.8, 4) is 5.75 Å². The summed E-state index contributed by atoms with van der Waals surface area (Å²) in [6, 6.07) is 8.07. The standard InChI is InChI=1S/C14H22N4O3/c1-20-13-4-2-3-12(11-13)18-9-7-17(8-10-18)6-5-14(19)21-16-15/h2-4,11,16H,5-10,15H2,1H3. The van der Waals surface area contributed by atoms with E-state index in [4.69, 9.17) is 10.6 Å². The first kappa shape index (κ1) is 15.6. The summed E-state index contributed by atoms with van der Waals surface area (Å²) in [6.45, 7) is 4.38. The monoisotopic (exact) mass is 294 g/mol. The largest absolute Gasteiger partial charge is 0.497 e. The molecule has 1 fully saturated rings. The Balaban J connectivity index is 1.78. The van der Waals surface area contributed by atoms with Gasteiger partial charge in [0.25, 0.3) is 0 Å². The zero-order chi connectivity index (χ0) is 15.1. The number of rotatable bonds is 6. The molecule has 1 heterocycles. The van der Waals surface area contributed by atoms with Gasteiger partial charge in [0.05, 0.1) is 13.5 Å². The average Bonchev–Trinajstić information content (AvgIpc) is 2.54. The van der Waals surface area contributed by atoms with Crippen molar-refractivity contribution in [1.82, 2.24) is 10.5 Å². The van der Waals surface area contributed by atoms with Gasteiger partial charge in [0, 0.05) is 44.5 Å². The highest BCUT2D eigenvalue weighted by Crippen LogP contribution is 2.22. The van der Waals surface area contributed by atoms with Gasteiger partial charge in [-0.15, -0.1) is 0 Å². The van der Waals surface area contributed by atoms with E-state index in [1.165, 1.54) is 5.69 Å². The molecule has 0 atom stereocenters. The van der Waals surface area contributed by atoms with Gasteiger partial charge in [0.1, 0.15) is 5.75 Å². The second-order valence-electron chi connectivity index (χ2n) is 4.87. The highest BCUT2D eigenvalue weighted by molar-refractivity contribution is 5.69. The maximum absolute atomic E-state index is 11.2. The lowest BCUT2D eigenvalue weighted by molar-refractivity contribution is -0.151. The van der Waals surface area contributed by atoms with Crippen LogP contribution < -0.4 is 21.1 Å². The van der Waals surface area contributed by atoms with Gasteiger partial charge < -0.3 is 14.5 Å². The Bertz CT molecular complexity index is 461. The van der Waals surface area contributed by atoms with Gasteiger partial charge in [-0.05, 0) is 12.1 Å². The topological polar surface area (TPSA) is 80.1 Å². The number of hydrogen-bond acceptors (Lipinski definition) is 7. The van der Waals surface area contributed by atoms with Crippen LogP contribution >= 0.6 is 0 Å². The van der Waals surface area contributed by atoms with Gasteiger partial charge in [-0.25, -0.2) is 5.84 Å². The van der Waals surface area contributed by atoms with Gasteiger partial charge in [-0.3, -0.25) is 9.69 Å². The number of ether oxygens (including phenoxy) is 1. The van der Waals surface area contributed by atoms with E-state index in [1.807, 2.05) is 23.8 Å². The summed E-state index contributed by atoms with van der Waals surface area (Å²) >= 11 is 0. The quantitative estimate of drug-likeness (QED) is 0.570. The molecule has 21 heavy (non-hydrogen) atoms. The van der Waals surface area contributed by atoms with Crippen LogP contribution in [0.15, 0.2) is 24.3 Å². The second kappa shape index (κ2) is 7.82. The predicted octanol–water partition coefficient (Wildman–Crippen LogP) is 0.129. The van der Waals surface area contributed by atoms with E-state index < -0.39 is 0 Å². The van der Waals surface area contributed by atoms with Crippen molar-refractivity contribution in [3.05, 3.63) is 24.3 Å². The zero-order valence-corrected chi connectivity index (χ0v) is 12.2. The Morgan fingerprint density at radius 1 is 1.33 bits per heavy atom. The summed E-state index contributed by atoms with van der Waals surface area (Å²) in [5.41, 5.74) is 3.07. The molecule has 0 amide bonds. The van der Waals surface area contributed by atoms with Gasteiger partial charge in [0.15, 0.2) is 0 Å². The van der Waals surface area contributed by atoms with Crippen LogP contribution in [0.25, 0.3) is 0 Å². The number of hydrazine groups is 1. The molecule has 3 N–H and O–H groups in total. The number of benzene rings is 1. The minimum Gasteiger partial charge on any atom is -0.497 e. The third-order valence-corrected chi connectivity index (χ3v) is 3.60. The highest BCUT2D eigenvalue weighted by Gasteiger charge is 2.18. The number of nitrogens with one attached hydrogen (secondary N) is 1. The van der Waals surface area contributed by atoms with Gasteiger partial charge in [-0.2, -0.15) is 0 Å². The van der Waals surface area contributed by atoms with Crippen LogP contribution in [0.5, 0.6) is 5.75 Å². The number of piperazine rings is 1. The fourth-order valence-electron chi connectivity index (χ4n) is 2.40. The summed E-state index contributed by atoms with van der Waals surface area (Å²) in [6.07, 6.45) is 0.337. The molecular weight excluding hydrogens is 272 g/mol. The van der Waals surface area contributed by atoms with Gasteiger partial charge in [0.2, 0.25) is 0 Å². The van der Waals surface area contributed by atoms with Gasteiger partial charge >= 0.3 is 5.97 Å². The smallest absolute Gasteiger partial charge is 0.327 e. The van der Waals surface area contributed by atoms with Crippen LogP contribution in [0, 0.1) is 0 Å². The fourth-order valence-corrected chi connectivity index (χ4v) is 2.40. The number of carbonyl (C=O) groups excluding carboxylic acids is 1. The van der Waals surface area contributed by atoms with E-state index in [-0.39, 0.29) is 5.97 Å². The van der Waals surface area contributed by atoms with E-state index in [0.29, 0.717) is 13.0 Å². The zero-order valence-electron chi connectivity index (χ0n) is 12.2. The molecule has 1 aliphatic heterocycles. The number of methoxy groups -OCH3 is 1. The maximum Gasteiger partial charge on any atom is 0.327 e. The molecule has 7 heteroatoms. The van der Waals surface area contributed by atoms with Crippen molar-refractivity contribution < 1.29 is 14.4 Å². The molecule has 0 radical (unpaired) electrons. The van der Waals surface area contributed by atoms with E-state index in [9.17, 15) is 4.79 Å². The summed E-state index contributed by atoms with van der Waals surface area (Å²) in [4.78, 5) is 20.3. The van der Waals surface area contributed by atoms with Crippen molar-refractivity contribution >= 4 is 11.7 Å². The Labute approximate surface area is 124 Å². The normalized spacial score (nSPS) is 15.8. The molecule has 0 unspecified atom stereocenters. The van der Waals surface area contributed by atoms with E-state index in [2.05, 4.69) is 20.7 Å². The molecule has 116 valence electrons. The van der Waals surface area contributed by atoms with Crippen LogP contribution in [-0.4, -0.2) is 50.7 Å². The summed E-state index contributed by atoms with van der Waals surface area (Å²) < 4.78 is 5.25. The molecule has 0 bridgehead atoms. The summed E-state index contributed by atoms with van der Waals surface area (Å²) in [5.74, 6) is 5.45. The number of hydrogen-bond donors (Lipinski definition) is 2. The second-order valence-corrected chi connectivity index (χ2v) is 4.87. The first-order valence-corrected chi connectivity index (χ1v) is 6.99. The molecule has 0 saturated carbocycles. The number of nitrogens with zero attached hydrogens (tertiary/aromatic N) is 2. The van der Waals surface area contributed by atoms with Crippen molar-refractivity contribution in [3.63, 3.8) is 0 Å². The molecule has 1 aromatic rings. The Kier molecular flexibility index (Phi) is 5.79. The minimum atomic E-state index is -0.340. The first-order valence-electron chi connectivity index (χ1n) is 6.99. The SMILES string of the molecule is COc1cccc(N2CCN(CCC(=O)ONN)CC2)c1. The van der Waals surface area contributed by atoms with Crippen LogP contribution in [0.3, 0.4) is 0 Å². The third kappa shape index (κ3) is 4.59. The molecule has 1 aliphatic rings. The molecule has 1 aromatic carbocycles. The Morgan fingerprint density at radius 2 is 2.10 bits per heavy atom. The fraction of sp³-hybridized carbons (Fsp3) is 0.500. The molecule has 0 aliphatic carbocycles. The lowest BCUT2D eigenvalue weighted by atomic mass is 10.2. The van der Waals surface area contributed by atoms with Gasteiger partial charge in [-0.1, -0.05) is 11.7 Å². The van der Waals surface area contributed by atoms with Crippen LogP contribution in [0.4, 0.5) is 5.69 Å². The van der Waals surface area contributed by atoms with E-state index in [1.54, 1.807) is 7.11 Å². The summed E-state index contributed by atoms with van der Waals surface area (Å²) in [5, 5.41) is 0. The van der Waals surface area contributed by atoms with E-state index >= 15 is 0 Å². The van der Waals surface area contributed by atoms with Crippen molar-refractivity contribution in [2.24, 2.45) is 5.84 Å². The molecule has 1 saturated heterocycles.